The van der Waals surface area contributed by atoms with Crippen molar-refractivity contribution in [2.24, 2.45) is 0 Å². The number of ether oxygens (including phenoxy) is 2. The van der Waals surface area contributed by atoms with Gasteiger partial charge in [0, 0.05) is 18.7 Å². The van der Waals surface area contributed by atoms with Crippen LogP contribution in [0.15, 0.2) is 47.4 Å². The number of para-hydroxylation sites is 2. The minimum absolute atomic E-state index is 0.0778. The number of nitrogens with one attached hydrogen (secondary N) is 1. The highest BCUT2D eigenvalue weighted by Crippen LogP contribution is 2.30. The molecule has 2 aromatic carbocycles. The molecular weight excluding hydrogens is 416 g/mol. The van der Waals surface area contributed by atoms with Gasteiger partial charge in [-0.05, 0) is 30.3 Å². The number of rotatable bonds is 7. The van der Waals surface area contributed by atoms with Crippen LogP contribution in [-0.2, 0) is 10.0 Å². The zero-order chi connectivity index (χ0) is 21.0. The van der Waals surface area contributed by atoms with Crippen molar-refractivity contribution in [3.05, 3.63) is 53.1 Å². The van der Waals surface area contributed by atoms with Crippen molar-refractivity contribution in [3.63, 3.8) is 0 Å². The van der Waals surface area contributed by atoms with E-state index in [-0.39, 0.29) is 28.1 Å². The van der Waals surface area contributed by atoms with E-state index in [0.717, 1.165) is 0 Å². The molecule has 1 aliphatic heterocycles. The van der Waals surface area contributed by atoms with E-state index < -0.39 is 15.9 Å². The third-order valence-corrected chi connectivity index (χ3v) is 7.11. The Kier molecular flexibility index (Phi) is 6.66. The molecule has 1 heterocycles. The fourth-order valence-corrected chi connectivity index (χ4v) is 4.98. The van der Waals surface area contributed by atoms with Gasteiger partial charge in [0.25, 0.3) is 5.91 Å². The Balaban J connectivity index is 1.71. The van der Waals surface area contributed by atoms with E-state index in [2.05, 4.69) is 5.32 Å². The van der Waals surface area contributed by atoms with Gasteiger partial charge in [-0.15, -0.1) is 0 Å². The molecule has 0 aromatic heterocycles. The van der Waals surface area contributed by atoms with Gasteiger partial charge in [0.15, 0.2) is 11.5 Å². The second kappa shape index (κ2) is 9.02. The number of amides is 1. The number of hydrogen-bond acceptors (Lipinski definition) is 5. The summed E-state index contributed by atoms with van der Waals surface area (Å²) in [7, 11) is -3.78. The summed E-state index contributed by atoms with van der Waals surface area (Å²) in [6, 6.07) is 11.5. The van der Waals surface area contributed by atoms with Crippen LogP contribution >= 0.6 is 11.6 Å². The van der Waals surface area contributed by atoms with Gasteiger partial charge in [-0.1, -0.05) is 37.6 Å². The van der Waals surface area contributed by atoms with Crippen molar-refractivity contribution in [2.45, 2.75) is 24.8 Å². The first-order valence-electron chi connectivity index (χ1n) is 9.33. The average molecular weight is 439 g/mol. The molecule has 2 aromatic rings. The normalized spacial score (nSPS) is 15.9. The average Bonchev–Trinajstić information content (AvgIpc) is 2.72. The Labute approximate surface area is 175 Å². The monoisotopic (exact) mass is 438 g/mol. The van der Waals surface area contributed by atoms with Crippen molar-refractivity contribution in [3.8, 4) is 11.5 Å². The van der Waals surface area contributed by atoms with Crippen molar-refractivity contribution in [1.82, 2.24) is 9.62 Å². The quantitative estimate of drug-likeness (QED) is 0.718. The van der Waals surface area contributed by atoms with Crippen LogP contribution in [-0.4, -0.2) is 51.0 Å². The first-order valence-corrected chi connectivity index (χ1v) is 11.1. The van der Waals surface area contributed by atoms with E-state index >= 15 is 0 Å². The maximum absolute atomic E-state index is 12.8. The van der Waals surface area contributed by atoms with Crippen molar-refractivity contribution >= 4 is 27.5 Å². The topological polar surface area (TPSA) is 84.9 Å². The van der Waals surface area contributed by atoms with E-state index in [0.29, 0.717) is 31.2 Å². The van der Waals surface area contributed by atoms with Gasteiger partial charge < -0.3 is 14.8 Å². The predicted molar refractivity (Wildman–Crippen MR) is 110 cm³/mol. The Hall–Kier alpha value is -2.29. The van der Waals surface area contributed by atoms with Crippen LogP contribution in [0.3, 0.4) is 0 Å². The maximum atomic E-state index is 12.8. The van der Waals surface area contributed by atoms with Crippen LogP contribution in [0.5, 0.6) is 11.5 Å². The molecule has 29 heavy (non-hydrogen) atoms. The fraction of sp³-hybridized carbons (Fsp3) is 0.350. The van der Waals surface area contributed by atoms with E-state index in [1.807, 2.05) is 18.2 Å². The highest BCUT2D eigenvalue weighted by Gasteiger charge is 2.26. The van der Waals surface area contributed by atoms with Crippen LogP contribution in [0, 0.1) is 0 Å². The lowest BCUT2D eigenvalue weighted by atomic mass is 10.2. The lowest BCUT2D eigenvalue weighted by molar-refractivity contribution is 0.0789. The molecule has 0 aliphatic carbocycles. The van der Waals surface area contributed by atoms with Crippen molar-refractivity contribution in [1.29, 1.82) is 0 Å². The third-order valence-electron chi connectivity index (χ3n) is 4.57. The summed E-state index contributed by atoms with van der Waals surface area (Å²) in [5, 5.41) is 2.84. The maximum Gasteiger partial charge on any atom is 0.251 e. The van der Waals surface area contributed by atoms with E-state index in [9.17, 15) is 13.2 Å². The van der Waals surface area contributed by atoms with Gasteiger partial charge in [0.05, 0.1) is 11.6 Å². The number of fused-ring (bicyclic) bond motifs is 1. The Morgan fingerprint density at radius 1 is 1.17 bits per heavy atom. The summed E-state index contributed by atoms with van der Waals surface area (Å²) in [4.78, 5) is 12.5. The molecular formula is C20H23ClN2O5S. The van der Waals surface area contributed by atoms with Gasteiger partial charge in [-0.25, -0.2) is 8.42 Å². The van der Waals surface area contributed by atoms with Gasteiger partial charge in [-0.2, -0.15) is 4.31 Å². The summed E-state index contributed by atoms with van der Waals surface area (Å²) in [6.45, 7) is 4.64. The first kappa shape index (κ1) is 21.4. The fourth-order valence-electron chi connectivity index (χ4n) is 3.02. The van der Waals surface area contributed by atoms with Crippen LogP contribution < -0.4 is 14.8 Å². The van der Waals surface area contributed by atoms with Crippen LogP contribution in [0.1, 0.15) is 24.2 Å². The Bertz CT molecular complexity index is 992. The lowest BCUT2D eigenvalue weighted by Gasteiger charge is -2.26. The molecule has 7 nitrogen and oxygen atoms in total. The molecule has 1 unspecified atom stereocenters. The molecule has 1 aliphatic rings. The van der Waals surface area contributed by atoms with Gasteiger partial charge in [0.1, 0.15) is 17.6 Å². The Morgan fingerprint density at radius 2 is 1.86 bits per heavy atom. The zero-order valence-electron chi connectivity index (χ0n) is 16.2. The third kappa shape index (κ3) is 4.66. The zero-order valence-corrected chi connectivity index (χ0v) is 17.8. The standard InChI is InChI=1S/C20H23ClN2O5S/c1-3-23(4-2)29(25,26)19-11-14(9-10-16(19)21)20(24)22-12-15-13-27-17-7-5-6-8-18(17)28-15/h5-11,15H,3-4,12-13H2,1-2H3,(H,22,24). The minimum Gasteiger partial charge on any atom is -0.486 e. The second-order valence-corrected chi connectivity index (χ2v) is 8.76. The number of hydrogen-bond donors (Lipinski definition) is 1. The molecule has 0 spiro atoms. The molecule has 9 heteroatoms. The number of carbonyl (C=O) groups excluding carboxylic acids is 1. The summed E-state index contributed by atoms with van der Waals surface area (Å²) in [6.07, 6.45) is -0.347. The molecule has 0 fully saturated rings. The summed E-state index contributed by atoms with van der Waals surface area (Å²) in [5.74, 6) is 0.872. The summed E-state index contributed by atoms with van der Waals surface area (Å²) < 4.78 is 38.3. The summed E-state index contributed by atoms with van der Waals surface area (Å²) >= 11 is 6.12. The van der Waals surface area contributed by atoms with Crippen LogP contribution in [0.2, 0.25) is 5.02 Å². The molecule has 0 radical (unpaired) electrons. The van der Waals surface area contributed by atoms with E-state index in [4.69, 9.17) is 21.1 Å². The number of sulfonamides is 1. The second-order valence-electron chi connectivity index (χ2n) is 6.44. The largest absolute Gasteiger partial charge is 0.486 e. The lowest BCUT2D eigenvalue weighted by Crippen LogP contribution is -2.40. The molecule has 1 amide bonds. The predicted octanol–water partition coefficient (Wildman–Crippen LogP) is 2.94. The van der Waals surface area contributed by atoms with Crippen molar-refractivity contribution in [2.75, 3.05) is 26.2 Å². The molecule has 1 N–H and O–H groups in total. The summed E-state index contributed by atoms with van der Waals surface area (Å²) in [5.41, 5.74) is 0.206. The molecule has 1 atom stereocenters. The number of nitrogens with zero attached hydrogens (tertiary/aromatic N) is 1. The first-order chi connectivity index (χ1) is 13.9. The number of carbonyl (C=O) groups is 1. The Morgan fingerprint density at radius 3 is 2.55 bits per heavy atom. The van der Waals surface area contributed by atoms with Gasteiger partial charge in [0.2, 0.25) is 10.0 Å². The highest BCUT2D eigenvalue weighted by atomic mass is 35.5. The van der Waals surface area contributed by atoms with Crippen LogP contribution in [0.25, 0.3) is 0 Å². The molecule has 0 saturated heterocycles. The molecule has 0 bridgehead atoms. The van der Waals surface area contributed by atoms with E-state index in [1.54, 1.807) is 19.9 Å². The van der Waals surface area contributed by atoms with Crippen LogP contribution in [0.4, 0.5) is 0 Å². The van der Waals surface area contributed by atoms with Crippen molar-refractivity contribution < 1.29 is 22.7 Å². The van der Waals surface area contributed by atoms with E-state index in [1.165, 1.54) is 22.5 Å². The van der Waals surface area contributed by atoms with Gasteiger partial charge >= 0.3 is 0 Å². The molecule has 0 saturated carbocycles. The molecule has 3 rings (SSSR count). The molecule has 156 valence electrons. The SMILES string of the molecule is CCN(CC)S(=O)(=O)c1cc(C(=O)NCC2COc3ccccc3O2)ccc1Cl. The number of benzene rings is 2. The van der Waals surface area contributed by atoms with Gasteiger partial charge in [-0.3, -0.25) is 4.79 Å². The number of halogens is 1. The highest BCUT2D eigenvalue weighted by molar-refractivity contribution is 7.89. The smallest absolute Gasteiger partial charge is 0.251 e. The minimum atomic E-state index is -3.78.